The van der Waals surface area contributed by atoms with Crippen LogP contribution in [0.1, 0.15) is 13.8 Å². The molecule has 0 aromatic heterocycles. The second-order valence-electron chi connectivity index (χ2n) is 5.49. The van der Waals surface area contributed by atoms with E-state index in [1.54, 1.807) is 13.8 Å². The van der Waals surface area contributed by atoms with E-state index in [0.717, 1.165) is 18.2 Å². The van der Waals surface area contributed by atoms with Crippen molar-refractivity contribution in [3.05, 3.63) is 48.3 Å². The Bertz CT molecular complexity index is 1020. The second-order valence-corrected chi connectivity index (χ2v) is 9.08. The number of halogens is 1. The lowest BCUT2D eigenvalue weighted by molar-refractivity contribution is 0.416. The van der Waals surface area contributed by atoms with Crippen molar-refractivity contribution in [3.8, 4) is 5.75 Å². The largest absolute Gasteiger partial charge is 0.495 e. The lowest BCUT2D eigenvalue weighted by Gasteiger charge is -2.20. The van der Waals surface area contributed by atoms with Gasteiger partial charge in [0.05, 0.1) is 17.7 Å². The zero-order valence-electron chi connectivity index (χ0n) is 15.1. The Balaban J connectivity index is 2.52. The number of nitrogens with one attached hydrogen (secondary N) is 1. The molecule has 0 saturated carbocycles. The summed E-state index contributed by atoms with van der Waals surface area (Å²) in [4.78, 5) is -0.651. The summed E-state index contributed by atoms with van der Waals surface area (Å²) in [5.41, 5.74) is -0.103. The van der Waals surface area contributed by atoms with E-state index in [1.165, 1.54) is 35.7 Å². The molecule has 0 saturated heterocycles. The first-order chi connectivity index (χ1) is 12.7. The lowest BCUT2D eigenvalue weighted by atomic mass is 10.3. The van der Waals surface area contributed by atoms with Gasteiger partial charge in [-0.3, -0.25) is 4.72 Å². The van der Waals surface area contributed by atoms with E-state index in [-0.39, 0.29) is 29.4 Å². The second kappa shape index (κ2) is 8.24. The first kappa shape index (κ1) is 21.1. The molecule has 10 heteroatoms. The van der Waals surface area contributed by atoms with E-state index in [1.807, 2.05) is 0 Å². The SMILES string of the molecule is CCN(CC)S(=O)(=O)c1ccc(OC)c(NS(=O)(=O)c2ccccc2F)c1. The zero-order chi connectivity index (χ0) is 20.2. The van der Waals surface area contributed by atoms with Gasteiger partial charge in [0.2, 0.25) is 10.0 Å². The molecule has 2 rings (SSSR count). The van der Waals surface area contributed by atoms with E-state index in [4.69, 9.17) is 4.74 Å². The average Bonchev–Trinajstić information content (AvgIpc) is 2.62. The molecular weight excluding hydrogens is 395 g/mol. The molecule has 0 aliphatic rings. The molecule has 1 N–H and O–H groups in total. The molecule has 0 heterocycles. The maximum atomic E-state index is 13.9. The van der Waals surface area contributed by atoms with Crippen LogP contribution in [0.3, 0.4) is 0 Å². The number of rotatable bonds is 8. The Morgan fingerprint density at radius 1 is 1.04 bits per heavy atom. The predicted molar refractivity (Wildman–Crippen MR) is 100 cm³/mol. The third-order valence-corrected chi connectivity index (χ3v) is 7.33. The quantitative estimate of drug-likeness (QED) is 0.714. The average molecular weight is 416 g/mol. The summed E-state index contributed by atoms with van der Waals surface area (Å²) in [6.45, 7) is 3.93. The molecule has 2 aromatic rings. The minimum absolute atomic E-state index is 0.0989. The van der Waals surface area contributed by atoms with Crippen LogP contribution in [0.4, 0.5) is 10.1 Å². The Labute approximate surface area is 158 Å². The van der Waals surface area contributed by atoms with E-state index in [9.17, 15) is 21.2 Å². The molecule has 0 spiro atoms. The van der Waals surface area contributed by atoms with E-state index < -0.39 is 30.8 Å². The summed E-state index contributed by atoms with van der Waals surface area (Å²) in [7, 11) is -6.78. The van der Waals surface area contributed by atoms with Crippen molar-refractivity contribution in [2.75, 3.05) is 24.9 Å². The monoisotopic (exact) mass is 416 g/mol. The van der Waals surface area contributed by atoms with Gasteiger partial charge in [0.15, 0.2) is 0 Å². The fourth-order valence-corrected chi connectivity index (χ4v) is 5.13. The molecule has 0 atom stereocenters. The van der Waals surface area contributed by atoms with Gasteiger partial charge in [-0.1, -0.05) is 26.0 Å². The standard InChI is InChI=1S/C17H21FN2O5S2/c1-4-20(5-2)27(23,24)13-10-11-16(25-3)15(12-13)19-26(21,22)17-9-7-6-8-14(17)18/h6-12,19H,4-5H2,1-3H3. The van der Waals surface area contributed by atoms with Crippen molar-refractivity contribution < 1.29 is 26.0 Å². The smallest absolute Gasteiger partial charge is 0.264 e. The van der Waals surface area contributed by atoms with Crippen LogP contribution in [-0.4, -0.2) is 41.3 Å². The molecule has 0 unspecified atom stereocenters. The van der Waals surface area contributed by atoms with Gasteiger partial charge in [0.25, 0.3) is 10.0 Å². The number of benzene rings is 2. The van der Waals surface area contributed by atoms with Crippen LogP contribution in [0.2, 0.25) is 0 Å². The Hall–Kier alpha value is -2.17. The fourth-order valence-electron chi connectivity index (χ4n) is 2.50. The molecule has 0 fully saturated rings. The summed E-state index contributed by atoms with van der Waals surface area (Å²) in [6.07, 6.45) is 0. The number of anilines is 1. The first-order valence-electron chi connectivity index (χ1n) is 8.13. The minimum Gasteiger partial charge on any atom is -0.495 e. The van der Waals surface area contributed by atoms with Crippen LogP contribution in [0.25, 0.3) is 0 Å². The van der Waals surface area contributed by atoms with Crippen LogP contribution in [0, 0.1) is 5.82 Å². The molecule has 0 aliphatic carbocycles. The van der Waals surface area contributed by atoms with Crippen molar-refractivity contribution in [1.82, 2.24) is 4.31 Å². The Morgan fingerprint density at radius 3 is 2.22 bits per heavy atom. The molecule has 0 radical (unpaired) electrons. The zero-order valence-corrected chi connectivity index (χ0v) is 16.8. The topological polar surface area (TPSA) is 92.8 Å². The highest BCUT2D eigenvalue weighted by molar-refractivity contribution is 7.92. The van der Waals surface area contributed by atoms with Crippen LogP contribution in [-0.2, 0) is 20.0 Å². The molecular formula is C17H21FN2O5S2. The highest BCUT2D eigenvalue weighted by atomic mass is 32.2. The molecule has 0 bridgehead atoms. The maximum Gasteiger partial charge on any atom is 0.264 e. The first-order valence-corrected chi connectivity index (χ1v) is 11.0. The summed E-state index contributed by atoms with van der Waals surface area (Å²) >= 11 is 0. The molecule has 27 heavy (non-hydrogen) atoms. The molecule has 0 aliphatic heterocycles. The third-order valence-electron chi connectivity index (χ3n) is 3.88. The van der Waals surface area contributed by atoms with Gasteiger partial charge >= 0.3 is 0 Å². The van der Waals surface area contributed by atoms with Crippen molar-refractivity contribution in [2.45, 2.75) is 23.6 Å². The van der Waals surface area contributed by atoms with Crippen LogP contribution >= 0.6 is 0 Å². The lowest BCUT2D eigenvalue weighted by Crippen LogP contribution is -2.30. The normalized spacial score (nSPS) is 12.2. The van der Waals surface area contributed by atoms with E-state index in [0.29, 0.717) is 0 Å². The number of hydrogen-bond acceptors (Lipinski definition) is 5. The van der Waals surface area contributed by atoms with Crippen molar-refractivity contribution in [3.63, 3.8) is 0 Å². The van der Waals surface area contributed by atoms with Gasteiger partial charge in [-0.25, -0.2) is 21.2 Å². The predicted octanol–water partition coefficient (Wildman–Crippen LogP) is 2.67. The van der Waals surface area contributed by atoms with Crippen molar-refractivity contribution in [1.29, 1.82) is 0 Å². The summed E-state index contributed by atoms with van der Waals surface area (Å²) in [5.74, 6) is -0.815. The Morgan fingerprint density at radius 2 is 1.67 bits per heavy atom. The van der Waals surface area contributed by atoms with Gasteiger partial charge in [-0.05, 0) is 30.3 Å². The number of ether oxygens (including phenoxy) is 1. The van der Waals surface area contributed by atoms with Gasteiger partial charge in [-0.15, -0.1) is 0 Å². The van der Waals surface area contributed by atoms with Crippen molar-refractivity contribution in [2.24, 2.45) is 0 Å². The van der Waals surface area contributed by atoms with E-state index >= 15 is 0 Å². The number of hydrogen-bond donors (Lipinski definition) is 1. The number of nitrogens with zero attached hydrogens (tertiary/aromatic N) is 1. The molecule has 148 valence electrons. The van der Waals surface area contributed by atoms with Crippen LogP contribution < -0.4 is 9.46 Å². The van der Waals surface area contributed by atoms with Gasteiger partial charge in [0.1, 0.15) is 16.5 Å². The highest BCUT2D eigenvalue weighted by Gasteiger charge is 2.25. The number of sulfonamides is 2. The van der Waals surface area contributed by atoms with E-state index in [2.05, 4.69) is 4.72 Å². The molecule has 7 nitrogen and oxygen atoms in total. The Kier molecular flexibility index (Phi) is 6.45. The van der Waals surface area contributed by atoms with Gasteiger partial charge in [-0.2, -0.15) is 4.31 Å². The highest BCUT2D eigenvalue weighted by Crippen LogP contribution is 2.31. The van der Waals surface area contributed by atoms with Gasteiger partial charge < -0.3 is 4.74 Å². The third kappa shape index (κ3) is 4.40. The maximum absolute atomic E-state index is 13.9. The number of methoxy groups -OCH3 is 1. The molecule has 2 aromatic carbocycles. The fraction of sp³-hybridized carbons (Fsp3) is 0.294. The summed E-state index contributed by atoms with van der Waals surface area (Å²) in [5, 5.41) is 0. The van der Waals surface area contributed by atoms with Crippen LogP contribution in [0.15, 0.2) is 52.3 Å². The molecule has 0 amide bonds. The van der Waals surface area contributed by atoms with Gasteiger partial charge in [0, 0.05) is 13.1 Å². The summed E-state index contributed by atoms with van der Waals surface area (Å²) < 4.78 is 72.9. The van der Waals surface area contributed by atoms with Crippen LogP contribution in [0.5, 0.6) is 5.75 Å². The summed E-state index contributed by atoms with van der Waals surface area (Å²) in [6, 6.07) is 8.71. The van der Waals surface area contributed by atoms with Crippen molar-refractivity contribution >= 4 is 25.7 Å². The minimum atomic E-state index is -4.28.